The van der Waals surface area contributed by atoms with Gasteiger partial charge in [0.15, 0.2) is 0 Å². The molecule has 0 aromatic heterocycles. The minimum Gasteiger partial charge on any atom is -0.338 e. The Morgan fingerprint density at radius 2 is 2.19 bits per heavy atom. The van der Waals surface area contributed by atoms with E-state index in [-0.39, 0.29) is 17.5 Å². The molecule has 88 valence electrons. The molecule has 0 aliphatic rings. The van der Waals surface area contributed by atoms with Crippen LogP contribution in [0.3, 0.4) is 0 Å². The summed E-state index contributed by atoms with van der Waals surface area (Å²) in [6, 6.07) is 4.51. The Hall–Kier alpha value is -0.420. The van der Waals surface area contributed by atoms with E-state index in [2.05, 4.69) is 31.9 Å². The summed E-state index contributed by atoms with van der Waals surface area (Å²) >= 11 is 6.48. The number of nitrogens with zero attached hydrogens (tertiary/aromatic N) is 1. The Labute approximate surface area is 111 Å². The van der Waals surface area contributed by atoms with E-state index in [1.165, 1.54) is 11.0 Å². The van der Waals surface area contributed by atoms with Crippen LogP contribution in [0.25, 0.3) is 0 Å². The van der Waals surface area contributed by atoms with E-state index in [1.54, 1.807) is 19.2 Å². The lowest BCUT2D eigenvalue weighted by Crippen LogP contribution is -2.36. The third-order valence-corrected chi connectivity index (χ3v) is 3.98. The molecule has 0 bridgehead atoms. The largest absolute Gasteiger partial charge is 0.338 e. The van der Waals surface area contributed by atoms with Crippen LogP contribution in [0.5, 0.6) is 0 Å². The molecule has 5 heteroatoms. The van der Waals surface area contributed by atoms with Gasteiger partial charge in [0.1, 0.15) is 5.82 Å². The first-order valence-electron chi connectivity index (χ1n) is 4.76. The second-order valence-electron chi connectivity index (χ2n) is 3.52. The summed E-state index contributed by atoms with van der Waals surface area (Å²) < 4.78 is 14.0. The van der Waals surface area contributed by atoms with Gasteiger partial charge < -0.3 is 4.90 Å². The topological polar surface area (TPSA) is 20.3 Å². The van der Waals surface area contributed by atoms with Gasteiger partial charge in [0.2, 0.25) is 0 Å². The third-order valence-electron chi connectivity index (χ3n) is 2.38. The molecule has 1 aromatic carbocycles. The maximum Gasteiger partial charge on any atom is 0.257 e. The fourth-order valence-corrected chi connectivity index (χ4v) is 2.13. The first-order chi connectivity index (χ1) is 7.49. The number of hydrogen-bond donors (Lipinski definition) is 0. The average molecular weight is 353 g/mol. The molecule has 0 radical (unpaired) electrons. The van der Waals surface area contributed by atoms with Crippen molar-refractivity contribution in [1.82, 2.24) is 4.90 Å². The quantitative estimate of drug-likeness (QED) is 0.763. The second-order valence-corrected chi connectivity index (χ2v) is 5.02. The van der Waals surface area contributed by atoms with Crippen molar-refractivity contribution in [2.45, 2.75) is 13.0 Å². The lowest BCUT2D eigenvalue weighted by atomic mass is 10.1. The maximum absolute atomic E-state index is 13.5. The van der Waals surface area contributed by atoms with E-state index in [0.717, 1.165) is 0 Å². The maximum atomic E-state index is 13.5. The standard InChI is InChI=1S/C11H12Br2FNO/c1-7(6-12)15(2)11(16)10-8(13)4-3-5-9(10)14/h3-5,7H,6H2,1-2H3. The summed E-state index contributed by atoms with van der Waals surface area (Å²) in [5, 5.41) is 0.654. The van der Waals surface area contributed by atoms with Gasteiger partial charge >= 0.3 is 0 Å². The minimum atomic E-state index is -0.506. The van der Waals surface area contributed by atoms with E-state index < -0.39 is 5.82 Å². The molecule has 1 rings (SSSR count). The normalized spacial score (nSPS) is 12.3. The minimum absolute atomic E-state index is 0.0130. The molecule has 0 fully saturated rings. The zero-order chi connectivity index (χ0) is 12.3. The SMILES string of the molecule is CC(CBr)N(C)C(=O)c1c(F)cccc1Br. The van der Waals surface area contributed by atoms with Gasteiger partial charge in [-0.05, 0) is 35.0 Å². The Kier molecular flexibility index (Phi) is 4.92. The van der Waals surface area contributed by atoms with E-state index >= 15 is 0 Å². The van der Waals surface area contributed by atoms with Crippen molar-refractivity contribution in [2.24, 2.45) is 0 Å². The zero-order valence-electron chi connectivity index (χ0n) is 9.01. The fraction of sp³-hybridized carbons (Fsp3) is 0.364. The molecule has 0 aliphatic carbocycles. The molecule has 0 aliphatic heterocycles. The zero-order valence-corrected chi connectivity index (χ0v) is 12.2. The van der Waals surface area contributed by atoms with E-state index in [9.17, 15) is 9.18 Å². The van der Waals surface area contributed by atoms with Crippen molar-refractivity contribution in [2.75, 3.05) is 12.4 Å². The Balaban J connectivity index is 3.05. The monoisotopic (exact) mass is 351 g/mol. The van der Waals surface area contributed by atoms with Crippen LogP contribution in [0.15, 0.2) is 22.7 Å². The van der Waals surface area contributed by atoms with Crippen molar-refractivity contribution in [3.63, 3.8) is 0 Å². The highest BCUT2D eigenvalue weighted by molar-refractivity contribution is 9.10. The number of alkyl halides is 1. The number of carbonyl (C=O) groups excluding carboxylic acids is 1. The van der Waals surface area contributed by atoms with Gasteiger partial charge in [0.25, 0.3) is 5.91 Å². The lowest BCUT2D eigenvalue weighted by molar-refractivity contribution is 0.0752. The van der Waals surface area contributed by atoms with E-state index in [1.807, 2.05) is 6.92 Å². The van der Waals surface area contributed by atoms with Crippen LogP contribution in [-0.2, 0) is 0 Å². The molecule has 0 heterocycles. The molecule has 1 aromatic rings. The first kappa shape index (κ1) is 13.6. The van der Waals surface area contributed by atoms with Crippen molar-refractivity contribution >= 4 is 37.8 Å². The van der Waals surface area contributed by atoms with Crippen molar-refractivity contribution in [1.29, 1.82) is 0 Å². The lowest BCUT2D eigenvalue weighted by Gasteiger charge is -2.23. The Morgan fingerprint density at radius 1 is 1.56 bits per heavy atom. The Bertz CT molecular complexity index is 377. The van der Waals surface area contributed by atoms with Crippen LogP contribution < -0.4 is 0 Å². The number of amides is 1. The summed E-state index contributed by atoms with van der Waals surface area (Å²) in [5.74, 6) is -0.829. The highest BCUT2D eigenvalue weighted by Gasteiger charge is 2.21. The van der Waals surface area contributed by atoms with Crippen LogP contribution in [0.4, 0.5) is 4.39 Å². The summed E-state index contributed by atoms with van der Waals surface area (Å²) in [7, 11) is 1.66. The van der Waals surface area contributed by atoms with E-state index in [0.29, 0.717) is 9.80 Å². The number of halogens is 3. The van der Waals surface area contributed by atoms with Crippen molar-refractivity contribution < 1.29 is 9.18 Å². The molecule has 0 saturated carbocycles. The predicted molar refractivity (Wildman–Crippen MR) is 69.4 cm³/mol. The van der Waals surface area contributed by atoms with Crippen molar-refractivity contribution in [3.8, 4) is 0 Å². The fourth-order valence-electron chi connectivity index (χ4n) is 1.18. The second kappa shape index (κ2) is 5.77. The van der Waals surface area contributed by atoms with Crippen LogP contribution in [0, 0.1) is 5.82 Å². The van der Waals surface area contributed by atoms with Gasteiger partial charge in [-0.3, -0.25) is 4.79 Å². The molecular formula is C11H12Br2FNO. The highest BCUT2D eigenvalue weighted by atomic mass is 79.9. The van der Waals surface area contributed by atoms with Gasteiger partial charge in [0.05, 0.1) is 5.56 Å². The van der Waals surface area contributed by atoms with Crippen LogP contribution in [0.2, 0.25) is 0 Å². The van der Waals surface area contributed by atoms with Crippen LogP contribution >= 0.6 is 31.9 Å². The molecule has 0 spiro atoms. The average Bonchev–Trinajstić information content (AvgIpc) is 2.26. The van der Waals surface area contributed by atoms with Gasteiger partial charge in [0, 0.05) is 22.9 Å². The molecule has 0 saturated heterocycles. The molecule has 1 atom stereocenters. The van der Waals surface area contributed by atoms with Crippen LogP contribution in [0.1, 0.15) is 17.3 Å². The van der Waals surface area contributed by atoms with Gasteiger partial charge in [-0.25, -0.2) is 4.39 Å². The molecular weight excluding hydrogens is 341 g/mol. The summed E-state index contributed by atoms with van der Waals surface area (Å²) in [4.78, 5) is 13.5. The highest BCUT2D eigenvalue weighted by Crippen LogP contribution is 2.21. The smallest absolute Gasteiger partial charge is 0.257 e. The summed E-state index contributed by atoms with van der Waals surface area (Å²) in [5.41, 5.74) is 0.0813. The van der Waals surface area contributed by atoms with Crippen LogP contribution in [-0.4, -0.2) is 29.2 Å². The molecule has 1 unspecified atom stereocenters. The molecule has 2 nitrogen and oxygen atoms in total. The molecule has 0 N–H and O–H groups in total. The number of carbonyl (C=O) groups is 1. The van der Waals surface area contributed by atoms with E-state index in [4.69, 9.17) is 0 Å². The van der Waals surface area contributed by atoms with Gasteiger partial charge in [-0.1, -0.05) is 22.0 Å². The first-order valence-corrected chi connectivity index (χ1v) is 6.67. The predicted octanol–water partition coefficient (Wildman–Crippen LogP) is 3.44. The van der Waals surface area contributed by atoms with Gasteiger partial charge in [-0.2, -0.15) is 0 Å². The number of rotatable bonds is 3. The summed E-state index contributed by atoms with van der Waals surface area (Å²) in [6.07, 6.45) is 0. The number of hydrogen-bond acceptors (Lipinski definition) is 1. The molecule has 1 amide bonds. The Morgan fingerprint density at radius 3 is 2.69 bits per heavy atom. The van der Waals surface area contributed by atoms with Crippen molar-refractivity contribution in [3.05, 3.63) is 34.1 Å². The van der Waals surface area contributed by atoms with Gasteiger partial charge in [-0.15, -0.1) is 0 Å². The number of benzene rings is 1. The third kappa shape index (κ3) is 2.83. The molecule has 16 heavy (non-hydrogen) atoms. The summed E-state index contributed by atoms with van der Waals surface area (Å²) in [6.45, 7) is 1.89.